The molecular weight excluding hydrogens is 1250 g/mol. The van der Waals surface area contributed by atoms with E-state index in [2.05, 4.69) is 58.9 Å². The molecule has 0 aromatic rings. The van der Waals surface area contributed by atoms with Crippen molar-refractivity contribution in [1.29, 1.82) is 0 Å². The van der Waals surface area contributed by atoms with Crippen LogP contribution in [0.3, 0.4) is 0 Å². The van der Waals surface area contributed by atoms with Gasteiger partial charge in [0.25, 0.3) is 0 Å². The summed E-state index contributed by atoms with van der Waals surface area (Å²) in [7, 11) is -9.92. The molecule has 0 aromatic carbocycles. The average Bonchev–Trinajstić information content (AvgIpc) is 1.72. The van der Waals surface area contributed by atoms with Gasteiger partial charge in [-0.1, -0.05) is 322 Å². The minimum atomic E-state index is -4.96. The molecule has 0 heterocycles. The third kappa shape index (κ3) is 69.8. The number of allylic oxidation sites excluding steroid dienone is 4. The zero-order valence-electron chi connectivity index (χ0n) is 61.3. The van der Waals surface area contributed by atoms with Crippen molar-refractivity contribution in [3.63, 3.8) is 0 Å². The smallest absolute Gasteiger partial charge is 0.462 e. The lowest BCUT2D eigenvalue weighted by atomic mass is 10.0. The Labute approximate surface area is 580 Å². The number of aliphatic hydroxyl groups excluding tert-OH is 1. The van der Waals surface area contributed by atoms with Crippen LogP contribution in [0.15, 0.2) is 24.3 Å². The quantitative estimate of drug-likeness (QED) is 0.0169. The second kappa shape index (κ2) is 68.7. The largest absolute Gasteiger partial charge is 0.472 e. The molecule has 19 heteroatoms. The first kappa shape index (κ1) is 92.5. The van der Waals surface area contributed by atoms with E-state index >= 15 is 0 Å². The molecule has 0 fully saturated rings. The number of unbranched alkanes of at least 4 members (excludes halogenated alkanes) is 43. The van der Waals surface area contributed by atoms with Crippen LogP contribution in [-0.4, -0.2) is 96.7 Å². The summed E-state index contributed by atoms with van der Waals surface area (Å²) in [6.07, 6.45) is 60.4. The normalized spacial score (nSPS) is 14.1. The maximum absolute atomic E-state index is 13.1. The van der Waals surface area contributed by atoms with Gasteiger partial charge in [-0.25, -0.2) is 9.13 Å². The highest BCUT2D eigenvalue weighted by Crippen LogP contribution is 2.45. The summed E-state index contributed by atoms with van der Waals surface area (Å²) >= 11 is 0. The molecule has 3 N–H and O–H groups in total. The second-order valence-corrected chi connectivity index (χ2v) is 30.1. The van der Waals surface area contributed by atoms with Gasteiger partial charge in [-0.15, -0.1) is 0 Å². The number of hydrogen-bond acceptors (Lipinski definition) is 15. The van der Waals surface area contributed by atoms with Crippen LogP contribution in [0, 0.1) is 5.92 Å². The number of hydrogen-bond donors (Lipinski definition) is 3. The molecule has 0 aliphatic heterocycles. The van der Waals surface area contributed by atoms with Crippen molar-refractivity contribution in [2.24, 2.45) is 5.92 Å². The second-order valence-electron chi connectivity index (χ2n) is 27.2. The molecular formula is C76H144O17P2. The Balaban J connectivity index is 5.27. The Morgan fingerprint density at radius 2 is 0.568 bits per heavy atom. The van der Waals surface area contributed by atoms with E-state index in [0.717, 1.165) is 115 Å². The van der Waals surface area contributed by atoms with Gasteiger partial charge < -0.3 is 33.8 Å². The zero-order chi connectivity index (χ0) is 69.8. The van der Waals surface area contributed by atoms with E-state index in [1.165, 1.54) is 180 Å². The topological polar surface area (TPSA) is 237 Å². The van der Waals surface area contributed by atoms with Gasteiger partial charge >= 0.3 is 39.5 Å². The highest BCUT2D eigenvalue weighted by atomic mass is 31.2. The summed E-state index contributed by atoms with van der Waals surface area (Å²) in [6.45, 7) is 7.19. The number of phosphoric acid groups is 2. The summed E-state index contributed by atoms with van der Waals surface area (Å²) in [5.41, 5.74) is 0. The molecule has 5 atom stereocenters. The number of carbonyl (C=O) groups is 4. The van der Waals surface area contributed by atoms with E-state index in [9.17, 15) is 43.2 Å². The molecule has 2 unspecified atom stereocenters. The minimum absolute atomic E-state index is 0.102. The molecule has 0 rings (SSSR count). The van der Waals surface area contributed by atoms with Crippen LogP contribution in [0.4, 0.5) is 0 Å². The predicted octanol–water partition coefficient (Wildman–Crippen LogP) is 22.0. The third-order valence-corrected chi connectivity index (χ3v) is 19.1. The average molecular weight is 1390 g/mol. The van der Waals surface area contributed by atoms with Gasteiger partial charge in [0.15, 0.2) is 12.2 Å². The van der Waals surface area contributed by atoms with Crippen LogP contribution in [0.1, 0.15) is 375 Å². The van der Waals surface area contributed by atoms with Crippen LogP contribution in [0.2, 0.25) is 0 Å². The van der Waals surface area contributed by atoms with Gasteiger partial charge in [0.05, 0.1) is 26.4 Å². The molecule has 95 heavy (non-hydrogen) atoms. The molecule has 560 valence electrons. The van der Waals surface area contributed by atoms with Crippen molar-refractivity contribution in [3.8, 4) is 0 Å². The lowest BCUT2D eigenvalue weighted by molar-refractivity contribution is -0.161. The van der Waals surface area contributed by atoms with Crippen LogP contribution in [0.25, 0.3) is 0 Å². The fraction of sp³-hybridized carbons (Fsp3) is 0.895. The fourth-order valence-corrected chi connectivity index (χ4v) is 12.7. The van der Waals surface area contributed by atoms with E-state index in [1.54, 1.807) is 0 Å². The highest BCUT2D eigenvalue weighted by molar-refractivity contribution is 7.47. The van der Waals surface area contributed by atoms with Crippen molar-refractivity contribution in [2.45, 2.75) is 393 Å². The highest BCUT2D eigenvalue weighted by Gasteiger charge is 2.30. The zero-order valence-corrected chi connectivity index (χ0v) is 63.1. The summed E-state index contributed by atoms with van der Waals surface area (Å²) in [5.74, 6) is -1.41. The van der Waals surface area contributed by atoms with Crippen molar-refractivity contribution in [1.82, 2.24) is 0 Å². The molecule has 0 radical (unpaired) electrons. The van der Waals surface area contributed by atoms with Crippen molar-refractivity contribution in [3.05, 3.63) is 24.3 Å². The van der Waals surface area contributed by atoms with Gasteiger partial charge in [-0.2, -0.15) is 0 Å². The molecule has 0 aliphatic rings. The number of esters is 4. The Bertz CT molecular complexity index is 1920. The number of ether oxygens (including phenoxy) is 4. The van der Waals surface area contributed by atoms with E-state index < -0.39 is 97.5 Å². The van der Waals surface area contributed by atoms with Crippen molar-refractivity contribution < 1.29 is 80.2 Å². The van der Waals surface area contributed by atoms with E-state index in [1.807, 2.05) is 0 Å². The Morgan fingerprint density at radius 1 is 0.326 bits per heavy atom. The number of phosphoric ester groups is 2. The number of aliphatic hydroxyl groups is 1. The third-order valence-electron chi connectivity index (χ3n) is 17.2. The van der Waals surface area contributed by atoms with Gasteiger partial charge in [0, 0.05) is 25.7 Å². The SMILES string of the molecule is CCCCCC/C=C\C=C/CCCCCCCC(=O)OC[C@H](COP(=O)(O)OC[C@@H](O)COP(=O)(O)OC[C@@H](COC(=O)CCCCCCCCCCCC)OC(=O)CCCCCCCCCCCC(C)C)OC(=O)CCCCCCCCCCCCCCCCCCCC. The minimum Gasteiger partial charge on any atom is -0.462 e. The maximum atomic E-state index is 13.1. The molecule has 0 spiro atoms. The first-order valence-electron chi connectivity index (χ1n) is 39.0. The summed E-state index contributed by atoms with van der Waals surface area (Å²) < 4.78 is 68.5. The molecule has 0 aromatic heterocycles. The number of carbonyl (C=O) groups excluding carboxylic acids is 4. The molecule has 17 nitrogen and oxygen atoms in total. The Morgan fingerprint density at radius 3 is 0.863 bits per heavy atom. The Hall–Kier alpha value is -2.46. The van der Waals surface area contributed by atoms with Crippen molar-refractivity contribution in [2.75, 3.05) is 39.6 Å². The summed E-state index contributed by atoms with van der Waals surface area (Å²) in [4.78, 5) is 72.8. The van der Waals surface area contributed by atoms with E-state index in [-0.39, 0.29) is 25.7 Å². The first-order chi connectivity index (χ1) is 46.0. The molecule has 0 aliphatic carbocycles. The molecule has 0 saturated carbocycles. The van der Waals surface area contributed by atoms with Gasteiger partial charge in [-0.3, -0.25) is 37.3 Å². The van der Waals surface area contributed by atoms with Gasteiger partial charge in [0.1, 0.15) is 19.3 Å². The lowest BCUT2D eigenvalue weighted by Gasteiger charge is -2.21. The summed E-state index contributed by atoms with van der Waals surface area (Å²) in [5, 5.41) is 10.6. The summed E-state index contributed by atoms with van der Waals surface area (Å²) in [6, 6.07) is 0. The van der Waals surface area contributed by atoms with Gasteiger partial charge in [0.2, 0.25) is 0 Å². The predicted molar refractivity (Wildman–Crippen MR) is 386 cm³/mol. The molecule has 0 saturated heterocycles. The van der Waals surface area contributed by atoms with Crippen LogP contribution in [-0.2, 0) is 65.4 Å². The monoisotopic (exact) mass is 1390 g/mol. The van der Waals surface area contributed by atoms with E-state index in [0.29, 0.717) is 25.7 Å². The van der Waals surface area contributed by atoms with Crippen LogP contribution in [0.5, 0.6) is 0 Å². The first-order valence-corrected chi connectivity index (χ1v) is 41.9. The standard InChI is InChI=1S/C76H144O17P2/c1-6-9-12-15-18-21-24-26-28-29-30-32-34-36-41-46-51-56-61-75(80)92-71(66-87-74(79)60-55-50-45-40-35-33-31-27-25-22-19-16-13-10-7-2)67-90-94(82,83)88-63-70(77)64-89-95(84,85)91-68-72(65-86-73(78)59-54-49-44-39-23-20-17-14-11-8-3)93-76(81)62-57-52-47-42-37-38-43-48-53-58-69(4)5/h22,25,27,31,69-72,77H,6-21,23-24,26,28-30,32-68H2,1-5H3,(H,82,83)(H,84,85)/b25-22-,31-27-/t70-,71-,72-/m1/s1. The Kier molecular flexibility index (Phi) is 66.9. The van der Waals surface area contributed by atoms with Crippen LogP contribution < -0.4 is 0 Å². The number of rotatable bonds is 74. The van der Waals surface area contributed by atoms with E-state index in [4.69, 9.17) is 37.0 Å². The lowest BCUT2D eigenvalue weighted by Crippen LogP contribution is -2.30. The van der Waals surface area contributed by atoms with Crippen molar-refractivity contribution >= 4 is 39.5 Å². The maximum Gasteiger partial charge on any atom is 0.472 e. The molecule has 0 bridgehead atoms. The fourth-order valence-electron chi connectivity index (χ4n) is 11.2. The van der Waals surface area contributed by atoms with Gasteiger partial charge in [-0.05, 0) is 57.3 Å². The molecule has 0 amide bonds. The van der Waals surface area contributed by atoms with Crippen LogP contribution >= 0.6 is 15.6 Å².